The lowest BCUT2D eigenvalue weighted by atomic mass is 9.88. The summed E-state index contributed by atoms with van der Waals surface area (Å²) in [6, 6.07) is 51.2. The zero-order valence-electron chi connectivity index (χ0n) is 28.6. The second-order valence-electron chi connectivity index (χ2n) is 14.3. The fourth-order valence-corrected chi connectivity index (χ4v) is 7.68. The molecule has 10 rings (SSSR count). The second kappa shape index (κ2) is 11.0. The molecule has 2 aliphatic rings. The normalized spacial score (nSPS) is 13.1. The summed E-state index contributed by atoms with van der Waals surface area (Å²) in [4.78, 5) is 7.01. The molecule has 0 spiro atoms. The minimum absolute atomic E-state index is 0.00171. The maximum Gasteiger partial charge on any atom is 0.270 e. The van der Waals surface area contributed by atoms with Crippen molar-refractivity contribution in [3.8, 4) is 39.6 Å². The smallest absolute Gasteiger partial charge is 0.270 e. The van der Waals surface area contributed by atoms with Crippen LogP contribution in [-0.2, 0) is 5.41 Å². The molecule has 2 aromatic heterocycles. The van der Waals surface area contributed by atoms with Crippen LogP contribution in [0.2, 0.25) is 0 Å². The highest BCUT2D eigenvalue weighted by Gasteiger charge is 2.31. The molecule has 4 heterocycles. The SMILES string of the molecule is CC(C)(C)c1ccnc(-n2c3ccccc3c3ccc(Oc4cccc(N5[C-]=[N+]6c7ccccc7-c7cccc(c76)-c6ccccc65)c4)cc32)c1. The van der Waals surface area contributed by atoms with Gasteiger partial charge >= 0.3 is 0 Å². The van der Waals surface area contributed by atoms with Crippen LogP contribution in [0.5, 0.6) is 11.5 Å². The molecule has 0 amide bonds. The van der Waals surface area contributed by atoms with Gasteiger partial charge in [0.05, 0.1) is 33.8 Å². The van der Waals surface area contributed by atoms with E-state index in [1.165, 1.54) is 27.6 Å². The van der Waals surface area contributed by atoms with E-state index in [0.29, 0.717) is 0 Å². The van der Waals surface area contributed by atoms with Gasteiger partial charge in [-0.25, -0.2) is 4.98 Å². The molecule has 5 heteroatoms. The Morgan fingerprint density at radius 3 is 2.20 bits per heavy atom. The third kappa shape index (κ3) is 4.62. The van der Waals surface area contributed by atoms with Crippen molar-refractivity contribution in [1.82, 2.24) is 14.1 Å². The Morgan fingerprint density at radius 2 is 1.31 bits per heavy atom. The summed E-state index contributed by atoms with van der Waals surface area (Å²) < 4.78 is 11.1. The number of para-hydroxylation sites is 4. The van der Waals surface area contributed by atoms with E-state index in [2.05, 4.69) is 175 Å². The van der Waals surface area contributed by atoms with Crippen LogP contribution in [-0.4, -0.2) is 15.9 Å². The van der Waals surface area contributed by atoms with Gasteiger partial charge in [0.15, 0.2) is 0 Å². The molecule has 244 valence electrons. The number of hydrogen-bond acceptors (Lipinski definition) is 3. The lowest BCUT2D eigenvalue weighted by molar-refractivity contribution is 0.483. The number of rotatable bonds is 4. The van der Waals surface area contributed by atoms with Crippen molar-refractivity contribution >= 4 is 50.9 Å². The van der Waals surface area contributed by atoms with Gasteiger partial charge in [0, 0.05) is 23.0 Å². The number of aromatic nitrogens is 2. The van der Waals surface area contributed by atoms with Crippen LogP contribution in [0, 0.1) is 0 Å². The molecule has 5 nitrogen and oxygen atoms in total. The van der Waals surface area contributed by atoms with Crippen molar-refractivity contribution in [3.63, 3.8) is 0 Å². The minimum atomic E-state index is 0.00171. The lowest BCUT2D eigenvalue weighted by Gasteiger charge is -2.21. The van der Waals surface area contributed by atoms with Crippen LogP contribution < -0.4 is 14.2 Å². The zero-order chi connectivity index (χ0) is 34.3. The molecule has 0 saturated heterocycles. The van der Waals surface area contributed by atoms with Gasteiger partial charge in [0.25, 0.3) is 6.34 Å². The number of fused-ring (bicyclic) bond motifs is 8. The molecular formula is C46H34N4O. The second-order valence-corrected chi connectivity index (χ2v) is 14.3. The predicted octanol–water partition coefficient (Wildman–Crippen LogP) is 11.8. The molecule has 8 aromatic rings. The molecule has 0 saturated carbocycles. The molecule has 0 fully saturated rings. The number of hydrogen-bond donors (Lipinski definition) is 0. The fourth-order valence-electron chi connectivity index (χ4n) is 7.68. The number of ether oxygens (including phenoxy) is 1. The Morgan fingerprint density at radius 1 is 0.608 bits per heavy atom. The van der Waals surface area contributed by atoms with Gasteiger partial charge in [0.2, 0.25) is 0 Å². The lowest BCUT2D eigenvalue weighted by Crippen LogP contribution is -2.20. The molecule has 0 aliphatic carbocycles. The summed E-state index contributed by atoms with van der Waals surface area (Å²) in [5, 5.41) is 2.34. The molecule has 0 unspecified atom stereocenters. The first kappa shape index (κ1) is 29.5. The van der Waals surface area contributed by atoms with Crippen molar-refractivity contribution in [2.75, 3.05) is 4.90 Å². The Labute approximate surface area is 297 Å². The number of anilines is 2. The van der Waals surface area contributed by atoms with Gasteiger partial charge in [-0.2, -0.15) is 0 Å². The maximum absolute atomic E-state index is 6.68. The van der Waals surface area contributed by atoms with E-state index in [1.54, 1.807) is 0 Å². The van der Waals surface area contributed by atoms with E-state index in [0.717, 1.165) is 62.0 Å². The van der Waals surface area contributed by atoms with E-state index in [-0.39, 0.29) is 5.41 Å². The van der Waals surface area contributed by atoms with Crippen molar-refractivity contribution in [2.24, 2.45) is 0 Å². The van der Waals surface area contributed by atoms with Gasteiger partial charge in [-0.05, 0) is 93.9 Å². The van der Waals surface area contributed by atoms with E-state index < -0.39 is 0 Å². The first-order valence-electron chi connectivity index (χ1n) is 17.4. The Balaban J connectivity index is 1.08. The summed E-state index contributed by atoms with van der Waals surface area (Å²) >= 11 is 0. The Bertz CT molecular complexity index is 2730. The molecule has 0 bridgehead atoms. The minimum Gasteiger partial charge on any atom is -0.458 e. The summed E-state index contributed by atoms with van der Waals surface area (Å²) in [5.41, 5.74) is 12.5. The Hall–Kier alpha value is -6.46. The van der Waals surface area contributed by atoms with Crippen LogP contribution in [0.15, 0.2) is 152 Å². The molecular weight excluding hydrogens is 625 g/mol. The molecule has 0 N–H and O–H groups in total. The van der Waals surface area contributed by atoms with Gasteiger partial charge in [-0.1, -0.05) is 99.6 Å². The largest absolute Gasteiger partial charge is 0.458 e. The van der Waals surface area contributed by atoms with Gasteiger partial charge in [-0.3, -0.25) is 14.0 Å². The first-order chi connectivity index (χ1) is 24.9. The third-order valence-corrected chi connectivity index (χ3v) is 10.1. The third-order valence-electron chi connectivity index (χ3n) is 10.1. The topological polar surface area (TPSA) is 33.3 Å². The average molecular weight is 659 g/mol. The highest BCUT2D eigenvalue weighted by atomic mass is 16.5. The molecule has 2 aliphatic heterocycles. The molecule has 0 radical (unpaired) electrons. The predicted molar refractivity (Wildman–Crippen MR) is 210 cm³/mol. The molecule has 51 heavy (non-hydrogen) atoms. The van der Waals surface area contributed by atoms with Crippen LogP contribution in [0.4, 0.5) is 22.7 Å². The zero-order valence-corrected chi connectivity index (χ0v) is 28.6. The number of nitrogens with zero attached hydrogens (tertiary/aromatic N) is 4. The van der Waals surface area contributed by atoms with E-state index in [1.807, 2.05) is 18.3 Å². The monoisotopic (exact) mass is 658 g/mol. The summed E-state index contributed by atoms with van der Waals surface area (Å²) in [5.74, 6) is 2.39. The molecule has 0 atom stereocenters. The first-order valence-corrected chi connectivity index (χ1v) is 17.4. The van der Waals surface area contributed by atoms with Crippen molar-refractivity contribution in [2.45, 2.75) is 26.2 Å². The van der Waals surface area contributed by atoms with Crippen LogP contribution in [0.25, 0.3) is 49.9 Å². The summed E-state index contributed by atoms with van der Waals surface area (Å²) in [6.45, 7) is 6.70. The number of benzene rings is 6. The van der Waals surface area contributed by atoms with Gasteiger partial charge < -0.3 is 4.74 Å². The molecule has 6 aromatic carbocycles. The highest BCUT2D eigenvalue weighted by molar-refractivity contribution is 6.11. The summed E-state index contributed by atoms with van der Waals surface area (Å²) in [6.07, 6.45) is 5.69. The fraction of sp³-hybridized carbons (Fsp3) is 0.0870. The standard InChI is InChI=1S/C46H34N4O/c1-46(2,3)30-24-25-47-44(26-30)50-42-21-9-6-14-34(42)37-23-22-33(28-43(37)50)51-32-13-10-12-31(27-32)48-29-49-41-20-8-5-16-36(41)39-18-11-17-38(45(39)49)35-15-4-7-19-40(35)48/h4-28H,1-3H3. The summed E-state index contributed by atoms with van der Waals surface area (Å²) in [7, 11) is 0. The van der Waals surface area contributed by atoms with Crippen LogP contribution >= 0.6 is 0 Å². The number of pyridine rings is 1. The Kier molecular flexibility index (Phi) is 6.37. The van der Waals surface area contributed by atoms with E-state index >= 15 is 0 Å². The van der Waals surface area contributed by atoms with Gasteiger partial charge in [-0.15, -0.1) is 0 Å². The van der Waals surface area contributed by atoms with Crippen LogP contribution in [0.3, 0.4) is 0 Å². The van der Waals surface area contributed by atoms with E-state index in [9.17, 15) is 0 Å². The van der Waals surface area contributed by atoms with Gasteiger partial charge in [0.1, 0.15) is 17.3 Å². The quantitative estimate of drug-likeness (QED) is 0.139. The van der Waals surface area contributed by atoms with Crippen molar-refractivity contribution in [1.29, 1.82) is 0 Å². The van der Waals surface area contributed by atoms with Crippen LogP contribution in [0.1, 0.15) is 26.3 Å². The van der Waals surface area contributed by atoms with E-state index in [4.69, 9.17) is 9.72 Å². The highest BCUT2D eigenvalue weighted by Crippen LogP contribution is 2.52. The maximum atomic E-state index is 6.68. The average Bonchev–Trinajstić information content (AvgIpc) is 3.60. The van der Waals surface area contributed by atoms with Crippen molar-refractivity contribution in [3.05, 3.63) is 157 Å². The van der Waals surface area contributed by atoms with Crippen molar-refractivity contribution < 1.29 is 4.74 Å².